The van der Waals surface area contributed by atoms with E-state index in [1.165, 1.54) is 6.42 Å². The van der Waals surface area contributed by atoms with Crippen molar-refractivity contribution in [2.75, 3.05) is 19.8 Å². The minimum Gasteiger partial charge on any atom is -0.376 e. The second-order valence-corrected chi connectivity index (χ2v) is 2.27. The Balaban J connectivity index is 1.85. The van der Waals surface area contributed by atoms with Crippen LogP contribution in [0.25, 0.3) is 0 Å². The van der Waals surface area contributed by atoms with E-state index in [9.17, 15) is 0 Å². The van der Waals surface area contributed by atoms with E-state index in [4.69, 9.17) is 4.74 Å². The van der Waals surface area contributed by atoms with E-state index in [0.29, 0.717) is 12.6 Å². The van der Waals surface area contributed by atoms with Crippen LogP contribution in [0.1, 0.15) is 6.42 Å². The monoisotopic (exact) mass is 127 g/mol. The van der Waals surface area contributed by atoms with Crippen molar-refractivity contribution in [3.05, 3.63) is 12.7 Å². The Morgan fingerprint density at radius 3 is 3.00 bits per heavy atom. The van der Waals surface area contributed by atoms with E-state index in [0.717, 1.165) is 13.2 Å². The van der Waals surface area contributed by atoms with Crippen LogP contribution in [0.15, 0.2) is 12.7 Å². The molecule has 1 saturated heterocycles. The number of hydrogen-bond donors (Lipinski definition) is 1. The molecule has 0 amide bonds. The second kappa shape index (κ2) is 3.64. The zero-order chi connectivity index (χ0) is 6.53. The Labute approximate surface area is 55.9 Å². The van der Waals surface area contributed by atoms with Crippen molar-refractivity contribution in [3.63, 3.8) is 0 Å². The molecule has 0 saturated carbocycles. The SMILES string of the molecule is C=CCOC[C@H]1CCN1. The lowest BCUT2D eigenvalue weighted by molar-refractivity contribution is 0.113. The van der Waals surface area contributed by atoms with Gasteiger partial charge in [0.05, 0.1) is 13.2 Å². The van der Waals surface area contributed by atoms with Gasteiger partial charge in [-0.1, -0.05) is 6.08 Å². The van der Waals surface area contributed by atoms with Gasteiger partial charge < -0.3 is 10.1 Å². The van der Waals surface area contributed by atoms with Crippen LogP contribution in [0.4, 0.5) is 0 Å². The average molecular weight is 127 g/mol. The molecule has 0 spiro atoms. The van der Waals surface area contributed by atoms with Crippen LogP contribution < -0.4 is 5.32 Å². The van der Waals surface area contributed by atoms with Crippen LogP contribution in [-0.2, 0) is 4.74 Å². The maximum Gasteiger partial charge on any atom is 0.0645 e. The molecule has 1 aliphatic heterocycles. The van der Waals surface area contributed by atoms with E-state index in [1.807, 2.05) is 0 Å². The highest BCUT2D eigenvalue weighted by atomic mass is 16.5. The van der Waals surface area contributed by atoms with Gasteiger partial charge in [-0.25, -0.2) is 0 Å². The number of rotatable bonds is 4. The van der Waals surface area contributed by atoms with Crippen molar-refractivity contribution >= 4 is 0 Å². The maximum atomic E-state index is 5.21. The van der Waals surface area contributed by atoms with Crippen LogP contribution >= 0.6 is 0 Å². The van der Waals surface area contributed by atoms with Gasteiger partial charge in [0.1, 0.15) is 0 Å². The van der Waals surface area contributed by atoms with Crippen LogP contribution in [-0.4, -0.2) is 25.8 Å². The van der Waals surface area contributed by atoms with E-state index >= 15 is 0 Å². The lowest BCUT2D eigenvalue weighted by Gasteiger charge is -2.26. The summed E-state index contributed by atoms with van der Waals surface area (Å²) < 4.78 is 5.21. The molecule has 2 heteroatoms. The quantitative estimate of drug-likeness (QED) is 0.440. The Hall–Kier alpha value is -0.340. The first-order valence-corrected chi connectivity index (χ1v) is 3.35. The first-order chi connectivity index (χ1) is 4.43. The minimum absolute atomic E-state index is 0.616. The van der Waals surface area contributed by atoms with Crippen molar-refractivity contribution in [1.29, 1.82) is 0 Å². The van der Waals surface area contributed by atoms with Crippen molar-refractivity contribution in [1.82, 2.24) is 5.32 Å². The van der Waals surface area contributed by atoms with Gasteiger partial charge in [0.2, 0.25) is 0 Å². The molecular weight excluding hydrogens is 114 g/mol. The summed E-state index contributed by atoms with van der Waals surface area (Å²) in [6.07, 6.45) is 3.04. The van der Waals surface area contributed by atoms with Gasteiger partial charge in [0.15, 0.2) is 0 Å². The molecule has 1 atom stereocenters. The molecule has 0 aromatic carbocycles. The molecule has 2 nitrogen and oxygen atoms in total. The van der Waals surface area contributed by atoms with E-state index in [2.05, 4.69) is 11.9 Å². The Morgan fingerprint density at radius 1 is 1.78 bits per heavy atom. The maximum absolute atomic E-state index is 5.21. The molecule has 0 bridgehead atoms. The van der Waals surface area contributed by atoms with Gasteiger partial charge in [-0.3, -0.25) is 0 Å². The van der Waals surface area contributed by atoms with E-state index in [-0.39, 0.29) is 0 Å². The molecule has 9 heavy (non-hydrogen) atoms. The van der Waals surface area contributed by atoms with Crippen LogP contribution in [0, 0.1) is 0 Å². The standard InChI is InChI=1S/C7H13NO/c1-2-5-9-6-7-3-4-8-7/h2,7-8H,1,3-6H2/t7-/m1/s1. The lowest BCUT2D eigenvalue weighted by Crippen LogP contribution is -2.45. The van der Waals surface area contributed by atoms with Crippen molar-refractivity contribution < 1.29 is 4.74 Å². The summed E-state index contributed by atoms with van der Waals surface area (Å²) in [7, 11) is 0. The fraction of sp³-hybridized carbons (Fsp3) is 0.714. The summed E-state index contributed by atoms with van der Waals surface area (Å²) in [6.45, 7) is 6.23. The fourth-order valence-corrected chi connectivity index (χ4v) is 0.784. The molecule has 0 unspecified atom stereocenters. The first kappa shape index (κ1) is 6.78. The second-order valence-electron chi connectivity index (χ2n) is 2.27. The zero-order valence-corrected chi connectivity index (χ0v) is 5.60. The third-order valence-corrected chi connectivity index (χ3v) is 1.48. The normalized spacial score (nSPS) is 25.1. The van der Waals surface area contributed by atoms with Gasteiger partial charge >= 0.3 is 0 Å². The minimum atomic E-state index is 0.616. The highest BCUT2D eigenvalue weighted by Gasteiger charge is 2.14. The highest BCUT2D eigenvalue weighted by molar-refractivity contribution is 4.77. The predicted octanol–water partition coefficient (Wildman–Crippen LogP) is 0.551. The van der Waals surface area contributed by atoms with Crippen LogP contribution in [0.3, 0.4) is 0 Å². The van der Waals surface area contributed by atoms with E-state index < -0.39 is 0 Å². The van der Waals surface area contributed by atoms with Crippen LogP contribution in [0.2, 0.25) is 0 Å². The third-order valence-electron chi connectivity index (χ3n) is 1.48. The Kier molecular flexibility index (Phi) is 2.74. The molecule has 0 radical (unpaired) electrons. The van der Waals surface area contributed by atoms with Gasteiger partial charge in [0, 0.05) is 6.04 Å². The van der Waals surface area contributed by atoms with Crippen molar-refractivity contribution in [2.45, 2.75) is 12.5 Å². The van der Waals surface area contributed by atoms with Gasteiger partial charge in [0.25, 0.3) is 0 Å². The molecule has 0 aromatic rings. The summed E-state index contributed by atoms with van der Waals surface area (Å²) >= 11 is 0. The highest BCUT2D eigenvalue weighted by Crippen LogP contribution is 2.00. The topological polar surface area (TPSA) is 21.3 Å². The molecule has 1 heterocycles. The van der Waals surface area contributed by atoms with E-state index in [1.54, 1.807) is 6.08 Å². The number of hydrogen-bond acceptors (Lipinski definition) is 2. The smallest absolute Gasteiger partial charge is 0.0645 e. The Morgan fingerprint density at radius 2 is 2.56 bits per heavy atom. The lowest BCUT2D eigenvalue weighted by atomic mass is 10.1. The third kappa shape index (κ3) is 2.16. The van der Waals surface area contributed by atoms with Gasteiger partial charge in [-0.15, -0.1) is 6.58 Å². The summed E-state index contributed by atoms with van der Waals surface area (Å²) in [6, 6.07) is 0.616. The average Bonchev–Trinajstić information content (AvgIpc) is 1.76. The molecule has 0 aromatic heterocycles. The molecule has 1 fully saturated rings. The van der Waals surface area contributed by atoms with Gasteiger partial charge in [-0.2, -0.15) is 0 Å². The number of ether oxygens (including phenoxy) is 1. The molecule has 1 N–H and O–H groups in total. The first-order valence-electron chi connectivity index (χ1n) is 3.35. The van der Waals surface area contributed by atoms with Crippen LogP contribution in [0.5, 0.6) is 0 Å². The largest absolute Gasteiger partial charge is 0.376 e. The summed E-state index contributed by atoms with van der Waals surface area (Å²) in [4.78, 5) is 0. The van der Waals surface area contributed by atoms with Crippen molar-refractivity contribution in [3.8, 4) is 0 Å². The Bertz CT molecular complexity index is 88.9. The molecule has 1 aliphatic rings. The number of nitrogens with one attached hydrogen (secondary N) is 1. The summed E-state index contributed by atoms with van der Waals surface area (Å²) in [5.41, 5.74) is 0. The molecule has 0 aliphatic carbocycles. The molecule has 1 rings (SSSR count). The van der Waals surface area contributed by atoms with Gasteiger partial charge in [-0.05, 0) is 13.0 Å². The fourth-order valence-electron chi connectivity index (χ4n) is 0.784. The summed E-state index contributed by atoms with van der Waals surface area (Å²) in [5, 5.41) is 3.25. The predicted molar refractivity (Wildman–Crippen MR) is 37.4 cm³/mol. The zero-order valence-electron chi connectivity index (χ0n) is 5.60. The molecule has 52 valence electrons. The van der Waals surface area contributed by atoms with Crippen molar-refractivity contribution in [2.24, 2.45) is 0 Å². The summed E-state index contributed by atoms with van der Waals surface area (Å²) in [5.74, 6) is 0. The molecular formula is C7H13NO.